The highest BCUT2D eigenvalue weighted by Crippen LogP contribution is 2.59. The minimum Gasteiger partial charge on any atom is -0.395 e. The molecular weight excluding hydrogens is 622 g/mol. The molecule has 9 atom stereocenters. The molecule has 2 fully saturated rings. The van der Waals surface area contributed by atoms with E-state index in [9.17, 15) is 24.7 Å². The second kappa shape index (κ2) is 11.0. The fourth-order valence-corrected chi connectivity index (χ4v) is 7.78. The first-order valence-corrected chi connectivity index (χ1v) is 15.9. The van der Waals surface area contributed by atoms with Crippen LogP contribution in [0.3, 0.4) is 0 Å². The summed E-state index contributed by atoms with van der Waals surface area (Å²) in [6.07, 6.45) is -5.35. The number of anilines is 2. The number of fused-ring (bicyclic) bond motifs is 2. The number of rotatable bonds is 8. The zero-order valence-corrected chi connectivity index (χ0v) is 23.7. The predicted octanol–water partition coefficient (Wildman–Crippen LogP) is -0.873. The number of thioether (sulfide) groups is 1. The molecule has 0 aliphatic carbocycles. The van der Waals surface area contributed by atoms with Crippen molar-refractivity contribution in [1.29, 1.82) is 0 Å². The fraction of sp³-hybridized carbons (Fsp3) is 0.500. The molecule has 2 saturated heterocycles. The molecule has 0 bridgehead atoms. The molecule has 2 aliphatic heterocycles. The van der Waals surface area contributed by atoms with E-state index in [0.717, 1.165) is 11.8 Å². The maximum atomic E-state index is 15.1. The lowest BCUT2D eigenvalue weighted by Crippen LogP contribution is -2.35. The average molecular weight is 647 g/mol. The average Bonchev–Trinajstić information content (AvgIpc) is 3.69. The number of halogens is 1. The van der Waals surface area contributed by atoms with Crippen molar-refractivity contribution in [3.63, 3.8) is 0 Å². The number of aliphatic hydroxyl groups excluding tert-OH is 3. The van der Waals surface area contributed by atoms with Crippen LogP contribution >= 0.6 is 30.8 Å². The molecule has 4 aromatic rings. The number of alkyl halides is 1. The molecule has 6 heterocycles. The summed E-state index contributed by atoms with van der Waals surface area (Å²) < 4.78 is 47.7. The lowest BCUT2D eigenvalue weighted by atomic mass is 10.1. The lowest BCUT2D eigenvalue weighted by Gasteiger charge is -2.26. The number of aliphatic hydroxyl groups is 3. The number of nitrogen functional groups attached to an aromatic ring is 2. The standard InChI is InChI=1S/C20H24FN10O8PS2/c21-8-11(33)6(38-18(8)30-4-26-9-14(22)24-3-25-15(9)30)2-37-40(36,41)39-13-12(34)7(1-32)42-19(13)31-5-27-10-16(31)28-20(23)29-17(10)35/h3-8,11-13,18-19,32-34H,1-2H2,(H,36,41)(H2,22,24,25)(H3,23,28,29,35)/t6-,7-,8+,11-,12-,13-,18-,19-,40?/m1/s1. The molecular formula is C20H24FN10O8PS2. The van der Waals surface area contributed by atoms with Gasteiger partial charge < -0.3 is 31.5 Å². The second-order valence-corrected chi connectivity index (χ2v) is 13.7. The van der Waals surface area contributed by atoms with Gasteiger partial charge in [0.2, 0.25) is 5.95 Å². The van der Waals surface area contributed by atoms with Gasteiger partial charge in [-0.25, -0.2) is 28.9 Å². The molecule has 6 rings (SSSR count). The Balaban J connectivity index is 1.19. The Morgan fingerprint density at radius 2 is 1.88 bits per heavy atom. The molecule has 18 nitrogen and oxygen atoms in total. The van der Waals surface area contributed by atoms with Crippen LogP contribution in [0.2, 0.25) is 0 Å². The molecule has 0 radical (unpaired) electrons. The largest absolute Gasteiger partial charge is 0.395 e. The Bertz CT molecular complexity index is 1740. The van der Waals surface area contributed by atoms with Crippen LogP contribution in [-0.4, -0.2) is 103 Å². The Labute approximate surface area is 243 Å². The number of aromatic amines is 1. The van der Waals surface area contributed by atoms with Gasteiger partial charge in [0, 0.05) is 0 Å². The van der Waals surface area contributed by atoms with Crippen LogP contribution < -0.4 is 17.0 Å². The maximum absolute atomic E-state index is 15.1. The number of nitrogens with one attached hydrogen (secondary N) is 1. The summed E-state index contributed by atoms with van der Waals surface area (Å²) >= 11 is 5.06. The third-order valence-electron chi connectivity index (χ3n) is 6.83. The van der Waals surface area contributed by atoms with Gasteiger partial charge in [0.05, 0.1) is 37.2 Å². The topological polar surface area (TPSA) is 265 Å². The van der Waals surface area contributed by atoms with E-state index in [-0.39, 0.29) is 34.1 Å². The molecule has 0 amide bonds. The third kappa shape index (κ3) is 5.03. The van der Waals surface area contributed by atoms with E-state index in [2.05, 4.69) is 42.2 Å². The number of hydrogen-bond acceptors (Lipinski definition) is 16. The summed E-state index contributed by atoms with van der Waals surface area (Å²) in [7, 11) is 0. The maximum Gasteiger partial charge on any atom is 0.386 e. The molecule has 4 aromatic heterocycles. The van der Waals surface area contributed by atoms with Crippen LogP contribution in [0.1, 0.15) is 11.6 Å². The van der Waals surface area contributed by atoms with Crippen LogP contribution in [0.5, 0.6) is 0 Å². The van der Waals surface area contributed by atoms with Gasteiger partial charge in [0.25, 0.3) is 5.56 Å². The van der Waals surface area contributed by atoms with Crippen molar-refractivity contribution in [2.45, 2.75) is 47.4 Å². The van der Waals surface area contributed by atoms with Crippen molar-refractivity contribution in [2.24, 2.45) is 0 Å². The fourth-order valence-electron chi connectivity index (χ4n) is 4.81. The molecule has 42 heavy (non-hydrogen) atoms. The third-order valence-corrected chi connectivity index (χ3v) is 10.00. The van der Waals surface area contributed by atoms with E-state index in [4.69, 9.17) is 25.3 Å². The van der Waals surface area contributed by atoms with Gasteiger partial charge in [-0.2, -0.15) is 4.98 Å². The molecule has 22 heteroatoms. The van der Waals surface area contributed by atoms with Crippen LogP contribution in [0.15, 0.2) is 23.8 Å². The van der Waals surface area contributed by atoms with E-state index >= 15 is 4.39 Å². The highest BCUT2D eigenvalue weighted by molar-refractivity contribution is 8.44. The summed E-state index contributed by atoms with van der Waals surface area (Å²) in [5.74, 6) is -0.110. The second-order valence-electron chi connectivity index (χ2n) is 9.43. The zero-order valence-electron chi connectivity index (χ0n) is 21.1. The van der Waals surface area contributed by atoms with Crippen LogP contribution in [-0.2, 0) is 18.3 Å². The molecule has 0 spiro atoms. The van der Waals surface area contributed by atoms with E-state index in [1.165, 1.54) is 28.1 Å². The molecule has 2 aliphatic rings. The molecule has 0 aromatic carbocycles. The Morgan fingerprint density at radius 3 is 2.64 bits per heavy atom. The molecule has 8 N–H and O–H groups in total. The normalized spacial score (nSPS) is 31.3. The highest BCUT2D eigenvalue weighted by Gasteiger charge is 2.50. The van der Waals surface area contributed by atoms with Gasteiger partial charge in [-0.05, 0) is 0 Å². The first-order valence-electron chi connectivity index (χ1n) is 12.2. The predicted molar refractivity (Wildman–Crippen MR) is 148 cm³/mol. The van der Waals surface area contributed by atoms with Gasteiger partial charge in [-0.1, -0.05) is 12.2 Å². The SMILES string of the molecule is Nc1nc2c(ncn2[C@@H]2S[C@H](CO)[C@@H](O)[C@H]2OP(=O)(S)OC[C@H]2O[C@@H](n3cnc4c(N)ncnc43)[C@@H](F)[C@@H]2O)c(=O)[nH]1. The van der Waals surface area contributed by atoms with Crippen molar-refractivity contribution in [3.8, 4) is 0 Å². The van der Waals surface area contributed by atoms with Crippen molar-refractivity contribution < 1.29 is 38.1 Å². The lowest BCUT2D eigenvalue weighted by molar-refractivity contribution is -0.0457. The first-order chi connectivity index (χ1) is 20.0. The highest BCUT2D eigenvalue weighted by atomic mass is 32.7. The zero-order chi connectivity index (χ0) is 29.9. The summed E-state index contributed by atoms with van der Waals surface area (Å²) in [4.78, 5) is 34.6. The Kier molecular flexibility index (Phi) is 7.64. The van der Waals surface area contributed by atoms with E-state index in [1.807, 2.05) is 0 Å². The summed E-state index contributed by atoms with van der Waals surface area (Å²) in [6, 6.07) is 0. The minimum absolute atomic E-state index is 0.0432. The van der Waals surface area contributed by atoms with Gasteiger partial charge >= 0.3 is 6.80 Å². The van der Waals surface area contributed by atoms with Gasteiger partial charge in [-0.15, -0.1) is 11.8 Å². The minimum atomic E-state index is -4.34. The first kappa shape index (κ1) is 29.2. The van der Waals surface area contributed by atoms with E-state index in [0.29, 0.717) is 0 Å². The van der Waals surface area contributed by atoms with Crippen molar-refractivity contribution in [1.82, 2.24) is 39.0 Å². The van der Waals surface area contributed by atoms with Gasteiger partial charge in [-0.3, -0.25) is 28.0 Å². The van der Waals surface area contributed by atoms with Crippen LogP contribution in [0.4, 0.5) is 16.2 Å². The number of thiol groups is 1. The number of H-pyrrole nitrogens is 1. The summed E-state index contributed by atoms with van der Waals surface area (Å²) in [6.45, 7) is -5.42. The summed E-state index contributed by atoms with van der Waals surface area (Å²) in [5.41, 5.74) is 11.3. The molecule has 226 valence electrons. The van der Waals surface area contributed by atoms with E-state index < -0.39 is 73.0 Å². The molecule has 0 saturated carbocycles. The Hall–Kier alpha value is -2.88. The Morgan fingerprint density at radius 1 is 1.14 bits per heavy atom. The monoisotopic (exact) mass is 646 g/mol. The van der Waals surface area contributed by atoms with Crippen molar-refractivity contribution >= 4 is 64.9 Å². The van der Waals surface area contributed by atoms with Crippen molar-refractivity contribution in [2.75, 3.05) is 24.7 Å². The number of hydrogen-bond donors (Lipinski definition) is 7. The van der Waals surface area contributed by atoms with Gasteiger partial charge in [0.15, 0.2) is 35.0 Å². The number of nitrogens with two attached hydrogens (primary N) is 2. The van der Waals surface area contributed by atoms with Crippen LogP contribution in [0.25, 0.3) is 22.3 Å². The number of ether oxygens (including phenoxy) is 1. The summed E-state index contributed by atoms with van der Waals surface area (Å²) in [5, 5.41) is 29.4. The van der Waals surface area contributed by atoms with Gasteiger partial charge in [0.1, 0.15) is 35.5 Å². The quantitative estimate of drug-likeness (QED) is 0.0905. The van der Waals surface area contributed by atoms with Crippen LogP contribution in [0, 0.1) is 0 Å². The van der Waals surface area contributed by atoms with E-state index in [1.54, 1.807) is 0 Å². The number of imidazole rings is 2. The number of nitrogens with zero attached hydrogens (tertiary/aromatic N) is 7. The molecule has 1 unspecified atom stereocenters. The van der Waals surface area contributed by atoms with Crippen molar-refractivity contribution in [3.05, 3.63) is 29.3 Å². The smallest absolute Gasteiger partial charge is 0.386 e. The number of aromatic nitrogens is 8.